The van der Waals surface area contributed by atoms with Gasteiger partial charge in [-0.1, -0.05) is 41.6 Å². The number of ether oxygens (including phenoxy) is 1. The first-order valence-electron chi connectivity index (χ1n) is 8.92. The van der Waals surface area contributed by atoms with Crippen molar-refractivity contribution in [1.82, 2.24) is 5.06 Å². The van der Waals surface area contributed by atoms with Crippen LogP contribution in [0.25, 0.3) is 0 Å². The Kier molecular flexibility index (Phi) is 6.97. The van der Waals surface area contributed by atoms with Crippen molar-refractivity contribution in [3.05, 3.63) is 53.1 Å². The third-order valence-corrected chi connectivity index (χ3v) is 6.21. The number of halogens is 4. The second-order valence-corrected chi connectivity index (χ2v) is 8.01. The molecule has 0 spiro atoms. The fourth-order valence-electron chi connectivity index (χ4n) is 3.15. The molecule has 4 nitrogen and oxygen atoms in total. The lowest BCUT2D eigenvalue weighted by Gasteiger charge is -2.31. The Labute approximate surface area is 175 Å². The molecule has 0 unspecified atom stereocenters. The predicted molar refractivity (Wildman–Crippen MR) is 104 cm³/mol. The number of hydrogen-bond donors (Lipinski definition) is 0. The molecule has 0 saturated carbocycles. The lowest BCUT2D eigenvalue weighted by Crippen LogP contribution is -2.39. The Bertz CT molecular complexity index is 870. The molecule has 1 aliphatic heterocycles. The van der Waals surface area contributed by atoms with E-state index in [2.05, 4.69) is 4.84 Å². The van der Waals surface area contributed by atoms with E-state index in [0.717, 1.165) is 20.4 Å². The highest BCUT2D eigenvalue weighted by Gasteiger charge is 2.43. The molecule has 0 aromatic heterocycles. The summed E-state index contributed by atoms with van der Waals surface area (Å²) >= 11 is 7.89. The van der Waals surface area contributed by atoms with E-state index in [0.29, 0.717) is 23.6 Å². The quantitative estimate of drug-likeness (QED) is 0.590. The number of piperidine rings is 1. The molecule has 1 heterocycles. The molecule has 2 aromatic carbocycles. The van der Waals surface area contributed by atoms with Gasteiger partial charge in [-0.05, 0) is 48.6 Å². The van der Waals surface area contributed by atoms with Gasteiger partial charge in [-0.15, -0.1) is 5.06 Å². The minimum absolute atomic E-state index is 0.150. The second kappa shape index (κ2) is 9.28. The van der Waals surface area contributed by atoms with Crippen molar-refractivity contribution in [3.8, 4) is 5.75 Å². The van der Waals surface area contributed by atoms with Gasteiger partial charge in [0.2, 0.25) is 0 Å². The number of rotatable bonds is 5. The summed E-state index contributed by atoms with van der Waals surface area (Å²) in [6.07, 6.45) is -3.82. The van der Waals surface area contributed by atoms with Gasteiger partial charge in [-0.3, -0.25) is 0 Å². The van der Waals surface area contributed by atoms with Gasteiger partial charge in [-0.25, -0.2) is 4.79 Å². The van der Waals surface area contributed by atoms with Crippen LogP contribution in [0.1, 0.15) is 24.3 Å². The average Bonchev–Trinajstić information content (AvgIpc) is 2.70. The standard InChI is InChI=1S/C20H19ClF3NO3S/c1-27-14-6-7-18(16(21)12-14)29-17-5-3-2-4-15(17)13-8-10-25(11-9-13)28-19(26)20(22,23)24/h2-7,12-13H,8-11H2,1H3. The number of benzene rings is 2. The van der Waals surface area contributed by atoms with Crippen LogP contribution < -0.4 is 4.74 Å². The average molecular weight is 446 g/mol. The highest BCUT2D eigenvalue weighted by molar-refractivity contribution is 7.99. The van der Waals surface area contributed by atoms with E-state index in [4.69, 9.17) is 16.3 Å². The van der Waals surface area contributed by atoms with Gasteiger partial charge in [0.15, 0.2) is 0 Å². The first kappa shape index (κ1) is 21.8. The van der Waals surface area contributed by atoms with Crippen molar-refractivity contribution in [2.45, 2.75) is 34.7 Å². The minimum Gasteiger partial charge on any atom is -0.497 e. The molecule has 0 aliphatic carbocycles. The fourth-order valence-corrected chi connectivity index (χ4v) is 4.46. The summed E-state index contributed by atoms with van der Waals surface area (Å²) in [5.74, 6) is -1.36. The summed E-state index contributed by atoms with van der Waals surface area (Å²) in [7, 11) is 1.58. The molecule has 1 saturated heterocycles. The highest BCUT2D eigenvalue weighted by Crippen LogP contribution is 2.41. The van der Waals surface area contributed by atoms with E-state index >= 15 is 0 Å². The number of hydrogen-bond acceptors (Lipinski definition) is 5. The van der Waals surface area contributed by atoms with Crippen LogP contribution >= 0.6 is 23.4 Å². The molecular weight excluding hydrogens is 427 g/mol. The Hall–Kier alpha value is -1.90. The molecule has 9 heteroatoms. The van der Waals surface area contributed by atoms with Crippen molar-refractivity contribution in [2.24, 2.45) is 0 Å². The number of carbonyl (C=O) groups is 1. The van der Waals surface area contributed by atoms with Crippen LogP contribution in [0.5, 0.6) is 5.75 Å². The Morgan fingerprint density at radius 2 is 1.83 bits per heavy atom. The summed E-state index contributed by atoms with van der Waals surface area (Å²) in [4.78, 5) is 17.4. The maximum Gasteiger partial charge on any atom is 0.492 e. The first-order valence-corrected chi connectivity index (χ1v) is 10.1. The summed E-state index contributed by atoms with van der Waals surface area (Å²) in [5.41, 5.74) is 1.10. The largest absolute Gasteiger partial charge is 0.497 e. The third kappa shape index (κ3) is 5.58. The predicted octanol–water partition coefficient (Wildman–Crippen LogP) is 5.70. The van der Waals surface area contributed by atoms with Crippen molar-refractivity contribution in [2.75, 3.05) is 20.2 Å². The Balaban J connectivity index is 1.68. The zero-order valence-corrected chi connectivity index (χ0v) is 17.1. The normalized spacial score (nSPS) is 15.9. The van der Waals surface area contributed by atoms with Crippen LogP contribution in [0.3, 0.4) is 0 Å². The first-order chi connectivity index (χ1) is 13.8. The van der Waals surface area contributed by atoms with Crippen LogP contribution in [0.15, 0.2) is 52.3 Å². The summed E-state index contributed by atoms with van der Waals surface area (Å²) in [5, 5.41) is 1.67. The van der Waals surface area contributed by atoms with Crippen LogP contribution in [-0.2, 0) is 9.63 Å². The zero-order valence-electron chi connectivity index (χ0n) is 15.5. The Morgan fingerprint density at radius 1 is 1.14 bits per heavy atom. The molecule has 0 N–H and O–H groups in total. The van der Waals surface area contributed by atoms with E-state index in [1.807, 2.05) is 36.4 Å². The van der Waals surface area contributed by atoms with Gasteiger partial charge >= 0.3 is 12.1 Å². The van der Waals surface area contributed by atoms with Crippen LogP contribution in [-0.4, -0.2) is 37.4 Å². The summed E-state index contributed by atoms with van der Waals surface area (Å²) in [6.45, 7) is 0.490. The van der Waals surface area contributed by atoms with Gasteiger partial charge in [0.25, 0.3) is 0 Å². The molecular formula is C20H19ClF3NO3S. The van der Waals surface area contributed by atoms with Crippen molar-refractivity contribution < 1.29 is 27.5 Å². The number of hydroxylamine groups is 2. The van der Waals surface area contributed by atoms with E-state index < -0.39 is 12.1 Å². The number of nitrogens with zero attached hydrogens (tertiary/aromatic N) is 1. The smallest absolute Gasteiger partial charge is 0.492 e. The Morgan fingerprint density at radius 3 is 2.45 bits per heavy atom. The molecule has 29 heavy (non-hydrogen) atoms. The van der Waals surface area contributed by atoms with Gasteiger partial charge in [-0.2, -0.15) is 13.2 Å². The zero-order chi connectivity index (χ0) is 21.0. The molecule has 2 aromatic rings. The van der Waals surface area contributed by atoms with Gasteiger partial charge in [0, 0.05) is 22.9 Å². The maximum atomic E-state index is 12.4. The van der Waals surface area contributed by atoms with Gasteiger partial charge < -0.3 is 9.57 Å². The SMILES string of the molecule is COc1ccc(Sc2ccccc2C2CCN(OC(=O)C(F)(F)F)CC2)c(Cl)c1. The molecule has 1 fully saturated rings. The van der Waals surface area contributed by atoms with E-state index in [-0.39, 0.29) is 19.0 Å². The van der Waals surface area contributed by atoms with Gasteiger partial charge in [0.1, 0.15) is 5.75 Å². The van der Waals surface area contributed by atoms with Crippen LogP contribution in [0.2, 0.25) is 5.02 Å². The van der Waals surface area contributed by atoms with Crippen molar-refractivity contribution in [3.63, 3.8) is 0 Å². The number of carbonyl (C=O) groups excluding carboxylic acids is 1. The lowest BCUT2D eigenvalue weighted by atomic mass is 9.90. The molecule has 156 valence electrons. The second-order valence-electron chi connectivity index (χ2n) is 6.52. The monoisotopic (exact) mass is 445 g/mol. The van der Waals surface area contributed by atoms with Crippen molar-refractivity contribution in [1.29, 1.82) is 0 Å². The van der Waals surface area contributed by atoms with Gasteiger partial charge in [0.05, 0.1) is 12.1 Å². The minimum atomic E-state index is -4.99. The van der Waals surface area contributed by atoms with Crippen molar-refractivity contribution >= 4 is 29.3 Å². The molecule has 3 rings (SSSR count). The van der Waals surface area contributed by atoms with E-state index in [1.54, 1.807) is 13.2 Å². The summed E-state index contributed by atoms with van der Waals surface area (Å²) < 4.78 is 42.3. The number of methoxy groups -OCH3 is 1. The van der Waals surface area contributed by atoms with E-state index in [1.165, 1.54) is 11.8 Å². The third-order valence-electron chi connectivity index (χ3n) is 4.62. The van der Waals surface area contributed by atoms with Crippen LogP contribution in [0.4, 0.5) is 13.2 Å². The highest BCUT2D eigenvalue weighted by atomic mass is 35.5. The molecule has 1 aliphatic rings. The fraction of sp³-hybridized carbons (Fsp3) is 0.350. The lowest BCUT2D eigenvalue weighted by molar-refractivity contribution is -0.241. The number of alkyl halides is 3. The molecule has 0 amide bonds. The summed E-state index contributed by atoms with van der Waals surface area (Å²) in [6, 6.07) is 13.4. The molecule has 0 radical (unpaired) electrons. The maximum absolute atomic E-state index is 12.4. The topological polar surface area (TPSA) is 38.8 Å². The molecule has 0 bridgehead atoms. The van der Waals surface area contributed by atoms with Crippen LogP contribution in [0, 0.1) is 0 Å². The van der Waals surface area contributed by atoms with E-state index in [9.17, 15) is 18.0 Å². The molecule has 0 atom stereocenters.